The van der Waals surface area contributed by atoms with Crippen molar-refractivity contribution in [2.45, 2.75) is 67.2 Å². The summed E-state index contributed by atoms with van der Waals surface area (Å²) >= 11 is 0. The van der Waals surface area contributed by atoms with Gasteiger partial charge < -0.3 is 24.1 Å². The van der Waals surface area contributed by atoms with Crippen LogP contribution < -0.4 is 41.4 Å². The van der Waals surface area contributed by atoms with E-state index in [1.54, 1.807) is 89.0 Å². The van der Waals surface area contributed by atoms with Gasteiger partial charge >= 0.3 is 11.4 Å². The van der Waals surface area contributed by atoms with Crippen molar-refractivity contribution in [1.29, 1.82) is 0 Å². The molecule has 8 aromatic rings. The molecule has 0 unspecified atom stereocenters. The largest absolute Gasteiger partial charge is 0.497 e. The minimum atomic E-state index is -0.436. The Bertz CT molecular complexity index is 3250. The molecule has 4 aromatic heterocycles. The van der Waals surface area contributed by atoms with Gasteiger partial charge in [-0.15, -0.1) is 0 Å². The van der Waals surface area contributed by atoms with Crippen LogP contribution in [-0.2, 0) is 39.0 Å². The number of benzene rings is 4. The Morgan fingerprint density at radius 1 is 0.473 bits per heavy atom. The first kappa shape index (κ1) is 57.8. The van der Waals surface area contributed by atoms with Crippen LogP contribution >= 0.6 is 0 Å². The summed E-state index contributed by atoms with van der Waals surface area (Å²) < 4.78 is 26.5. The monoisotopic (exact) mass is 1000 g/mol. The molecule has 0 aliphatic carbocycles. The average molecular weight is 1000 g/mol. The Morgan fingerprint density at radius 2 is 0.851 bits per heavy atom. The van der Waals surface area contributed by atoms with E-state index in [-0.39, 0.29) is 44.9 Å². The second kappa shape index (κ2) is 30.2. The third-order valence-corrected chi connectivity index (χ3v) is 11.0. The Labute approximate surface area is 432 Å². The highest BCUT2D eigenvalue weighted by atomic mass is 16.5. The van der Waals surface area contributed by atoms with E-state index in [0.717, 1.165) is 45.1 Å². The predicted octanol–water partition coefficient (Wildman–Crippen LogP) is 7.88. The van der Waals surface area contributed by atoms with Crippen molar-refractivity contribution in [3.63, 3.8) is 0 Å². The van der Waals surface area contributed by atoms with E-state index in [2.05, 4.69) is 21.8 Å². The second-order valence-electron chi connectivity index (χ2n) is 15.8. The molecule has 0 aliphatic rings. The molecule has 0 fully saturated rings. The van der Waals surface area contributed by atoms with Gasteiger partial charge in [-0.05, 0) is 120 Å². The molecule has 1 N–H and O–H groups in total. The van der Waals surface area contributed by atoms with E-state index < -0.39 is 11.2 Å². The lowest BCUT2D eigenvalue weighted by atomic mass is 10.1. The normalized spacial score (nSPS) is 10.0. The van der Waals surface area contributed by atoms with Gasteiger partial charge in [0, 0.05) is 54.8 Å². The first-order valence-corrected chi connectivity index (χ1v) is 23.7. The molecule has 15 nitrogen and oxygen atoms in total. The first-order valence-electron chi connectivity index (χ1n) is 23.7. The second-order valence-corrected chi connectivity index (χ2v) is 15.8. The van der Waals surface area contributed by atoms with Gasteiger partial charge in [-0.1, -0.05) is 81.8 Å². The molecule has 0 amide bonds. The maximum atomic E-state index is 13.5. The summed E-state index contributed by atoms with van der Waals surface area (Å²) in [4.78, 5) is 61.1. The summed E-state index contributed by atoms with van der Waals surface area (Å²) in [5, 5.41) is 7.57. The number of aromatic nitrogens is 6. The number of aliphatic hydroxyl groups excluding tert-OH is 1. The molecule has 0 radical (unpaired) electrons. The number of aliphatic hydroxyl groups is 1. The van der Waals surface area contributed by atoms with Gasteiger partial charge in [0.15, 0.2) is 0 Å². The Kier molecular flexibility index (Phi) is 23.6. The lowest BCUT2D eigenvalue weighted by Crippen LogP contribution is -2.41. The highest BCUT2D eigenvalue weighted by Gasteiger charge is 2.15. The SMILES string of the molecule is C.CC.CCO.COc1ccc(Cn2c(C#Cc3cccnc3)cc(=O)n(Cc3ccc(OC)cc3)c2=O)cc1.COc1ccc(Cn2c(CCc3cccnc3)cc(=O)n(Cc3ccc(OC)cc3)c2=O)cc1. The molecule has 386 valence electrons. The van der Waals surface area contributed by atoms with E-state index in [1.165, 1.54) is 19.8 Å². The maximum Gasteiger partial charge on any atom is 0.332 e. The smallest absolute Gasteiger partial charge is 0.332 e. The molecule has 4 heterocycles. The lowest BCUT2D eigenvalue weighted by molar-refractivity contribution is 0.318. The highest BCUT2D eigenvalue weighted by molar-refractivity contribution is 5.39. The number of pyridine rings is 2. The Balaban J connectivity index is 0.000000291. The lowest BCUT2D eigenvalue weighted by Gasteiger charge is -2.16. The van der Waals surface area contributed by atoms with Crippen molar-refractivity contribution in [3.8, 4) is 34.8 Å². The Morgan fingerprint density at radius 3 is 1.24 bits per heavy atom. The predicted molar refractivity (Wildman–Crippen MR) is 291 cm³/mol. The fourth-order valence-corrected chi connectivity index (χ4v) is 7.25. The van der Waals surface area contributed by atoms with Crippen molar-refractivity contribution < 1.29 is 24.1 Å². The van der Waals surface area contributed by atoms with Crippen molar-refractivity contribution >= 4 is 0 Å². The van der Waals surface area contributed by atoms with Gasteiger partial charge in [0.1, 0.15) is 28.7 Å². The van der Waals surface area contributed by atoms with Crippen LogP contribution in [0.3, 0.4) is 0 Å². The van der Waals surface area contributed by atoms with Crippen LogP contribution in [0.15, 0.2) is 177 Å². The molecule has 8 rings (SSSR count). The molecule has 0 bridgehead atoms. The van der Waals surface area contributed by atoms with Crippen LogP contribution in [0.1, 0.15) is 73.0 Å². The van der Waals surface area contributed by atoms with Crippen LogP contribution in [0.25, 0.3) is 0 Å². The number of rotatable bonds is 15. The number of ether oxygens (including phenoxy) is 4. The summed E-state index contributed by atoms with van der Waals surface area (Å²) in [5.74, 6) is 8.86. The van der Waals surface area contributed by atoms with Crippen molar-refractivity contribution in [2.24, 2.45) is 0 Å². The summed E-state index contributed by atoms with van der Waals surface area (Å²) in [6.07, 6.45) is 8.04. The minimum Gasteiger partial charge on any atom is -0.497 e. The molecular weight excluding hydrogens is 937 g/mol. The summed E-state index contributed by atoms with van der Waals surface area (Å²) in [7, 11) is 6.40. The zero-order valence-electron chi connectivity index (χ0n) is 42.4. The molecular formula is C59H66N6O9. The standard InChI is InChI=1S/C27H27N3O4.C27H23N3O4.C2H6O.C2H6.CH4/c2*1-33-24-11-6-21(7-12-24)18-29-23(10-5-20-4-3-15-28-17-20)16-26(31)30(27(29)32)19-22-8-13-25(34-2)14-9-22;1-2-3;1-2;/h3-4,6-9,11-17H,5,10,18-19H2,1-2H3;3-4,6-9,11-17H,18-19H2,1-2H3;3H,2H2,1H3;1-2H3;1H4. The summed E-state index contributed by atoms with van der Waals surface area (Å²) in [6.45, 7) is 6.87. The Hall–Kier alpha value is -8.74. The summed E-state index contributed by atoms with van der Waals surface area (Å²) in [5.41, 5.74) is 4.75. The fourth-order valence-electron chi connectivity index (χ4n) is 7.25. The van der Waals surface area contributed by atoms with Gasteiger partial charge in [-0.3, -0.25) is 37.8 Å². The van der Waals surface area contributed by atoms with E-state index in [0.29, 0.717) is 42.1 Å². The number of methoxy groups -OCH3 is 4. The van der Waals surface area contributed by atoms with Crippen LogP contribution in [0, 0.1) is 11.8 Å². The van der Waals surface area contributed by atoms with Gasteiger partial charge in [-0.2, -0.15) is 0 Å². The number of hydrogen-bond donors (Lipinski definition) is 1. The van der Waals surface area contributed by atoms with E-state index in [4.69, 9.17) is 24.1 Å². The van der Waals surface area contributed by atoms with Gasteiger partial charge in [-0.25, -0.2) is 9.59 Å². The zero-order chi connectivity index (χ0) is 52.5. The van der Waals surface area contributed by atoms with Crippen molar-refractivity contribution in [2.75, 3.05) is 35.0 Å². The van der Waals surface area contributed by atoms with Crippen LogP contribution in [0.2, 0.25) is 0 Å². The van der Waals surface area contributed by atoms with E-state index in [9.17, 15) is 19.2 Å². The first-order chi connectivity index (χ1) is 35.5. The van der Waals surface area contributed by atoms with Gasteiger partial charge in [0.2, 0.25) is 0 Å². The van der Waals surface area contributed by atoms with Crippen LogP contribution in [0.4, 0.5) is 0 Å². The molecule has 0 atom stereocenters. The van der Waals surface area contributed by atoms with Crippen LogP contribution in [0.5, 0.6) is 23.0 Å². The molecule has 0 saturated heterocycles. The molecule has 0 spiro atoms. The van der Waals surface area contributed by atoms with Gasteiger partial charge in [0.05, 0.1) is 54.6 Å². The van der Waals surface area contributed by atoms with Crippen LogP contribution in [-0.4, -0.2) is 68.4 Å². The third kappa shape index (κ3) is 16.7. The molecule has 0 saturated carbocycles. The van der Waals surface area contributed by atoms with Crippen molar-refractivity contribution in [1.82, 2.24) is 28.2 Å². The fraction of sp³-hybridized carbons (Fsp3) is 0.254. The number of hydrogen-bond acceptors (Lipinski definition) is 11. The molecule has 4 aromatic carbocycles. The van der Waals surface area contributed by atoms with E-state index >= 15 is 0 Å². The van der Waals surface area contributed by atoms with Crippen molar-refractivity contribution in [3.05, 3.63) is 245 Å². The number of nitrogens with zero attached hydrogens (tertiary/aromatic N) is 6. The minimum absolute atomic E-state index is 0. The highest BCUT2D eigenvalue weighted by Crippen LogP contribution is 2.16. The molecule has 0 aliphatic heterocycles. The average Bonchev–Trinajstić information content (AvgIpc) is 3.43. The maximum absolute atomic E-state index is 13.5. The molecule has 15 heteroatoms. The topological polar surface area (TPSA) is 171 Å². The molecule has 74 heavy (non-hydrogen) atoms. The quantitative estimate of drug-likeness (QED) is 0.0992. The summed E-state index contributed by atoms with van der Waals surface area (Å²) in [6, 6.07) is 40.0. The number of aryl methyl sites for hydroxylation is 2. The third-order valence-electron chi connectivity index (χ3n) is 11.0. The van der Waals surface area contributed by atoms with E-state index in [1.807, 2.05) is 117 Å². The van der Waals surface area contributed by atoms with Gasteiger partial charge in [0.25, 0.3) is 11.1 Å². The zero-order valence-corrected chi connectivity index (χ0v) is 42.4.